The normalized spacial score (nSPS) is 15.1. The standard InChI is InChI=1S/C13H23N5/c1-3-7-17(8-4-2)12-11-14-16-13(15-12)18-9-5-6-10-18/h11H,3-10H2,1-2H3. The molecule has 0 saturated carbocycles. The van der Waals surface area contributed by atoms with Gasteiger partial charge < -0.3 is 9.80 Å². The molecule has 1 aliphatic heterocycles. The number of hydrogen-bond acceptors (Lipinski definition) is 5. The van der Waals surface area contributed by atoms with Crippen LogP contribution in [0, 0.1) is 0 Å². The van der Waals surface area contributed by atoms with Gasteiger partial charge in [-0.05, 0) is 25.7 Å². The highest BCUT2D eigenvalue weighted by Gasteiger charge is 2.17. The second-order valence-corrected chi connectivity index (χ2v) is 4.80. The van der Waals surface area contributed by atoms with Crippen molar-refractivity contribution in [3.63, 3.8) is 0 Å². The molecule has 1 aliphatic rings. The summed E-state index contributed by atoms with van der Waals surface area (Å²) in [6, 6.07) is 0. The summed E-state index contributed by atoms with van der Waals surface area (Å²) in [6.07, 6.45) is 6.51. The van der Waals surface area contributed by atoms with Crippen LogP contribution >= 0.6 is 0 Å². The first-order chi connectivity index (χ1) is 8.85. The van der Waals surface area contributed by atoms with Crippen molar-refractivity contribution in [3.05, 3.63) is 6.20 Å². The lowest BCUT2D eigenvalue weighted by molar-refractivity contribution is 0.722. The third-order valence-electron chi connectivity index (χ3n) is 3.23. The lowest BCUT2D eigenvalue weighted by Crippen LogP contribution is -2.28. The van der Waals surface area contributed by atoms with E-state index in [1.807, 2.05) is 0 Å². The van der Waals surface area contributed by atoms with E-state index in [-0.39, 0.29) is 0 Å². The van der Waals surface area contributed by atoms with E-state index in [0.717, 1.165) is 50.8 Å². The quantitative estimate of drug-likeness (QED) is 0.772. The molecule has 0 unspecified atom stereocenters. The SMILES string of the molecule is CCCN(CCC)c1cnnc(N2CCCC2)n1. The molecule has 1 saturated heterocycles. The highest BCUT2D eigenvalue weighted by Crippen LogP contribution is 2.18. The smallest absolute Gasteiger partial charge is 0.247 e. The highest BCUT2D eigenvalue weighted by atomic mass is 15.4. The maximum Gasteiger partial charge on any atom is 0.247 e. The zero-order chi connectivity index (χ0) is 12.8. The Kier molecular flexibility index (Phi) is 4.73. The Hall–Kier alpha value is -1.39. The zero-order valence-corrected chi connectivity index (χ0v) is 11.5. The van der Waals surface area contributed by atoms with E-state index in [1.165, 1.54) is 12.8 Å². The van der Waals surface area contributed by atoms with Gasteiger partial charge in [0, 0.05) is 26.2 Å². The molecule has 0 N–H and O–H groups in total. The number of anilines is 2. The molecule has 2 heterocycles. The molecule has 0 bridgehead atoms. The van der Waals surface area contributed by atoms with Gasteiger partial charge >= 0.3 is 0 Å². The van der Waals surface area contributed by atoms with Crippen LogP contribution in [0.25, 0.3) is 0 Å². The molecule has 0 amide bonds. The molecular weight excluding hydrogens is 226 g/mol. The minimum atomic E-state index is 0.794. The van der Waals surface area contributed by atoms with Crippen LogP contribution in [0.15, 0.2) is 6.20 Å². The van der Waals surface area contributed by atoms with E-state index < -0.39 is 0 Å². The van der Waals surface area contributed by atoms with Crippen LogP contribution in [0.4, 0.5) is 11.8 Å². The molecule has 0 radical (unpaired) electrons. The lowest BCUT2D eigenvalue weighted by atomic mass is 10.3. The fraction of sp³-hybridized carbons (Fsp3) is 0.769. The van der Waals surface area contributed by atoms with Gasteiger partial charge in [-0.1, -0.05) is 13.8 Å². The number of hydrogen-bond donors (Lipinski definition) is 0. The summed E-state index contributed by atoms with van der Waals surface area (Å²) >= 11 is 0. The predicted octanol–water partition coefficient (Wildman–Crippen LogP) is 2.10. The fourth-order valence-electron chi connectivity index (χ4n) is 2.37. The zero-order valence-electron chi connectivity index (χ0n) is 11.5. The largest absolute Gasteiger partial charge is 0.355 e. The molecule has 5 nitrogen and oxygen atoms in total. The van der Waals surface area contributed by atoms with Crippen LogP contribution in [0.5, 0.6) is 0 Å². The van der Waals surface area contributed by atoms with Crippen molar-refractivity contribution in [1.29, 1.82) is 0 Å². The Labute approximate surface area is 109 Å². The van der Waals surface area contributed by atoms with Crippen LogP contribution in [0.1, 0.15) is 39.5 Å². The first kappa shape index (κ1) is 13.1. The summed E-state index contributed by atoms with van der Waals surface area (Å²) in [4.78, 5) is 9.20. The molecule has 1 aromatic rings. The van der Waals surface area contributed by atoms with Crippen LogP contribution < -0.4 is 9.80 Å². The summed E-state index contributed by atoms with van der Waals surface area (Å²) in [5.41, 5.74) is 0. The first-order valence-corrected chi connectivity index (χ1v) is 7.04. The monoisotopic (exact) mass is 249 g/mol. The number of rotatable bonds is 6. The third-order valence-corrected chi connectivity index (χ3v) is 3.23. The van der Waals surface area contributed by atoms with Gasteiger partial charge in [-0.15, -0.1) is 5.10 Å². The number of aromatic nitrogens is 3. The van der Waals surface area contributed by atoms with Gasteiger partial charge in [-0.3, -0.25) is 0 Å². The predicted molar refractivity (Wildman–Crippen MR) is 74.1 cm³/mol. The summed E-state index contributed by atoms with van der Waals surface area (Å²) in [5.74, 6) is 1.76. The number of nitrogens with zero attached hydrogens (tertiary/aromatic N) is 5. The third kappa shape index (κ3) is 3.09. The van der Waals surface area contributed by atoms with Crippen LogP contribution in [0.2, 0.25) is 0 Å². The minimum Gasteiger partial charge on any atom is -0.355 e. The van der Waals surface area contributed by atoms with E-state index in [9.17, 15) is 0 Å². The average molecular weight is 249 g/mol. The molecule has 0 spiro atoms. The van der Waals surface area contributed by atoms with Crippen molar-refractivity contribution >= 4 is 11.8 Å². The Morgan fingerprint density at radius 3 is 2.44 bits per heavy atom. The van der Waals surface area contributed by atoms with Crippen LogP contribution in [0.3, 0.4) is 0 Å². The van der Waals surface area contributed by atoms with Crippen molar-refractivity contribution in [2.24, 2.45) is 0 Å². The molecule has 18 heavy (non-hydrogen) atoms. The van der Waals surface area contributed by atoms with Crippen molar-refractivity contribution in [2.75, 3.05) is 36.0 Å². The summed E-state index contributed by atoms with van der Waals surface area (Å²) in [7, 11) is 0. The topological polar surface area (TPSA) is 45.2 Å². The van der Waals surface area contributed by atoms with Gasteiger partial charge in [-0.2, -0.15) is 10.1 Å². The molecule has 1 fully saturated rings. The van der Waals surface area contributed by atoms with E-state index in [0.29, 0.717) is 0 Å². The molecule has 0 aliphatic carbocycles. The minimum absolute atomic E-state index is 0.794. The van der Waals surface area contributed by atoms with E-state index >= 15 is 0 Å². The molecule has 0 atom stereocenters. The molecule has 100 valence electrons. The second kappa shape index (κ2) is 6.52. The summed E-state index contributed by atoms with van der Waals surface area (Å²) < 4.78 is 0. The average Bonchev–Trinajstić information content (AvgIpc) is 2.93. The van der Waals surface area contributed by atoms with Crippen molar-refractivity contribution in [3.8, 4) is 0 Å². The molecular formula is C13H23N5. The second-order valence-electron chi connectivity index (χ2n) is 4.80. The first-order valence-electron chi connectivity index (χ1n) is 7.04. The van der Waals surface area contributed by atoms with Crippen molar-refractivity contribution < 1.29 is 0 Å². The van der Waals surface area contributed by atoms with E-state index in [2.05, 4.69) is 38.8 Å². The Bertz CT molecular complexity index is 356. The Morgan fingerprint density at radius 2 is 1.83 bits per heavy atom. The van der Waals surface area contributed by atoms with Gasteiger partial charge in [0.2, 0.25) is 5.95 Å². The molecule has 0 aromatic carbocycles. The Balaban J connectivity index is 2.13. The van der Waals surface area contributed by atoms with Crippen LogP contribution in [-0.4, -0.2) is 41.4 Å². The van der Waals surface area contributed by atoms with Crippen molar-refractivity contribution in [2.45, 2.75) is 39.5 Å². The fourth-order valence-corrected chi connectivity index (χ4v) is 2.37. The van der Waals surface area contributed by atoms with E-state index in [4.69, 9.17) is 0 Å². The van der Waals surface area contributed by atoms with Crippen LogP contribution in [-0.2, 0) is 0 Å². The highest BCUT2D eigenvalue weighted by molar-refractivity contribution is 5.41. The van der Waals surface area contributed by atoms with Gasteiger partial charge in [0.25, 0.3) is 0 Å². The van der Waals surface area contributed by atoms with Gasteiger partial charge in [-0.25, -0.2) is 0 Å². The van der Waals surface area contributed by atoms with E-state index in [1.54, 1.807) is 6.20 Å². The van der Waals surface area contributed by atoms with Crippen molar-refractivity contribution in [1.82, 2.24) is 15.2 Å². The molecule has 2 rings (SSSR count). The molecule has 5 heteroatoms. The Morgan fingerprint density at radius 1 is 1.17 bits per heavy atom. The lowest BCUT2D eigenvalue weighted by Gasteiger charge is -2.23. The van der Waals surface area contributed by atoms with Gasteiger partial charge in [0.1, 0.15) is 0 Å². The summed E-state index contributed by atoms with van der Waals surface area (Å²) in [6.45, 7) is 8.58. The van der Waals surface area contributed by atoms with Gasteiger partial charge in [0.05, 0.1) is 6.20 Å². The maximum absolute atomic E-state index is 4.67. The summed E-state index contributed by atoms with van der Waals surface area (Å²) in [5, 5.41) is 8.28. The molecule has 1 aromatic heterocycles. The maximum atomic E-state index is 4.67. The van der Waals surface area contributed by atoms with Gasteiger partial charge in [0.15, 0.2) is 5.82 Å².